The normalized spacial score (nSPS) is 12.2. The van der Waals surface area contributed by atoms with E-state index in [0.29, 0.717) is 13.0 Å². The zero-order valence-corrected chi connectivity index (χ0v) is 7.88. The highest BCUT2D eigenvalue weighted by Crippen LogP contribution is 1.97. The second-order valence-electron chi connectivity index (χ2n) is 2.99. The van der Waals surface area contributed by atoms with Crippen molar-refractivity contribution < 1.29 is 9.59 Å². The molecule has 0 bridgehead atoms. The maximum atomic E-state index is 10.5. The highest BCUT2D eigenvalue weighted by Gasteiger charge is 2.07. The van der Waals surface area contributed by atoms with Crippen LogP contribution >= 0.6 is 0 Å². The first-order valence-electron chi connectivity index (χ1n) is 4.33. The molecule has 0 saturated carbocycles. The summed E-state index contributed by atoms with van der Waals surface area (Å²) in [5.74, 6) is -0.515. The first kappa shape index (κ1) is 11.9. The predicted molar refractivity (Wildman–Crippen MR) is 49.7 cm³/mol. The molecule has 0 radical (unpaired) electrons. The Morgan fingerprint density at radius 2 is 2.00 bits per heavy atom. The van der Waals surface area contributed by atoms with Crippen LogP contribution in [-0.4, -0.2) is 24.4 Å². The van der Waals surface area contributed by atoms with Crippen molar-refractivity contribution in [3.8, 4) is 0 Å². The SMILES string of the molecule is CC(=O)NCCCCC(N)C(N)=O. The van der Waals surface area contributed by atoms with Crippen molar-refractivity contribution in [2.75, 3.05) is 6.54 Å². The molecule has 0 aromatic carbocycles. The van der Waals surface area contributed by atoms with Gasteiger partial charge < -0.3 is 16.8 Å². The lowest BCUT2D eigenvalue weighted by molar-refractivity contribution is -0.120. The number of primary amides is 1. The molecule has 0 saturated heterocycles. The third kappa shape index (κ3) is 7.27. The molecule has 0 aromatic rings. The number of hydrogen-bond acceptors (Lipinski definition) is 3. The zero-order chi connectivity index (χ0) is 10.3. The van der Waals surface area contributed by atoms with Gasteiger partial charge in [-0.3, -0.25) is 9.59 Å². The van der Waals surface area contributed by atoms with Crippen LogP contribution in [0.15, 0.2) is 0 Å². The number of carbonyl (C=O) groups excluding carboxylic acids is 2. The summed E-state index contributed by atoms with van der Waals surface area (Å²) in [4.78, 5) is 20.9. The summed E-state index contributed by atoms with van der Waals surface area (Å²) in [7, 11) is 0. The van der Waals surface area contributed by atoms with E-state index in [1.165, 1.54) is 6.92 Å². The van der Waals surface area contributed by atoms with Crippen molar-refractivity contribution in [2.45, 2.75) is 32.2 Å². The monoisotopic (exact) mass is 187 g/mol. The summed E-state index contributed by atoms with van der Waals surface area (Å²) in [5.41, 5.74) is 10.4. The lowest BCUT2D eigenvalue weighted by atomic mass is 10.1. The molecule has 13 heavy (non-hydrogen) atoms. The molecule has 0 rings (SSSR count). The minimum absolute atomic E-state index is 0.0424. The molecule has 5 N–H and O–H groups in total. The number of carbonyl (C=O) groups is 2. The minimum Gasteiger partial charge on any atom is -0.368 e. The number of nitrogens with one attached hydrogen (secondary N) is 1. The molecule has 2 amide bonds. The molecule has 0 heterocycles. The molecule has 0 aliphatic rings. The van der Waals surface area contributed by atoms with Crippen LogP contribution in [0.4, 0.5) is 0 Å². The minimum atomic E-state index is -0.558. The maximum absolute atomic E-state index is 10.5. The molecule has 5 nitrogen and oxygen atoms in total. The molecular weight excluding hydrogens is 170 g/mol. The Labute approximate surface area is 77.8 Å². The molecule has 0 fully saturated rings. The largest absolute Gasteiger partial charge is 0.368 e. The number of unbranched alkanes of at least 4 members (excludes halogenated alkanes) is 1. The lowest BCUT2D eigenvalue weighted by Gasteiger charge is -2.06. The van der Waals surface area contributed by atoms with Crippen molar-refractivity contribution in [2.24, 2.45) is 11.5 Å². The van der Waals surface area contributed by atoms with Gasteiger partial charge in [-0.05, 0) is 19.3 Å². The summed E-state index contributed by atoms with van der Waals surface area (Å²) in [5, 5.41) is 2.65. The second kappa shape index (κ2) is 6.42. The number of amides is 2. The van der Waals surface area contributed by atoms with Gasteiger partial charge in [0.1, 0.15) is 0 Å². The third-order valence-corrected chi connectivity index (χ3v) is 1.68. The van der Waals surface area contributed by atoms with Gasteiger partial charge in [-0.25, -0.2) is 0 Å². The van der Waals surface area contributed by atoms with Crippen LogP contribution in [0.2, 0.25) is 0 Å². The molecule has 0 aliphatic heterocycles. The van der Waals surface area contributed by atoms with Gasteiger partial charge >= 0.3 is 0 Å². The molecule has 1 unspecified atom stereocenters. The van der Waals surface area contributed by atoms with Gasteiger partial charge in [0.25, 0.3) is 0 Å². The fourth-order valence-corrected chi connectivity index (χ4v) is 0.896. The van der Waals surface area contributed by atoms with Crippen molar-refractivity contribution in [1.29, 1.82) is 0 Å². The first-order chi connectivity index (χ1) is 6.04. The van der Waals surface area contributed by atoms with Crippen LogP contribution in [0, 0.1) is 0 Å². The Kier molecular flexibility index (Phi) is 5.88. The van der Waals surface area contributed by atoms with Crippen molar-refractivity contribution >= 4 is 11.8 Å². The standard InChI is InChI=1S/C8H17N3O2/c1-6(12)11-5-3-2-4-7(9)8(10)13/h7H,2-5,9H2,1H3,(H2,10,13)(H,11,12). The van der Waals surface area contributed by atoms with Crippen molar-refractivity contribution in [1.82, 2.24) is 5.32 Å². The van der Waals surface area contributed by atoms with E-state index in [9.17, 15) is 9.59 Å². The van der Waals surface area contributed by atoms with Crippen molar-refractivity contribution in [3.05, 3.63) is 0 Å². The average molecular weight is 187 g/mol. The second-order valence-corrected chi connectivity index (χ2v) is 2.99. The van der Waals surface area contributed by atoms with Gasteiger partial charge in [0.05, 0.1) is 6.04 Å². The average Bonchev–Trinajstić information content (AvgIpc) is 2.02. The highest BCUT2D eigenvalue weighted by molar-refractivity contribution is 5.79. The van der Waals surface area contributed by atoms with Crippen LogP contribution < -0.4 is 16.8 Å². The lowest BCUT2D eigenvalue weighted by Crippen LogP contribution is -2.36. The number of nitrogens with two attached hydrogens (primary N) is 2. The Morgan fingerprint density at radius 3 is 2.46 bits per heavy atom. The molecule has 5 heteroatoms. The molecule has 0 spiro atoms. The summed E-state index contributed by atoms with van der Waals surface area (Å²) >= 11 is 0. The Morgan fingerprint density at radius 1 is 1.38 bits per heavy atom. The van der Waals surface area contributed by atoms with Crippen molar-refractivity contribution in [3.63, 3.8) is 0 Å². The molecule has 0 aromatic heterocycles. The van der Waals surface area contributed by atoms with Crippen LogP contribution in [-0.2, 0) is 9.59 Å². The van der Waals surface area contributed by atoms with E-state index in [-0.39, 0.29) is 5.91 Å². The van der Waals surface area contributed by atoms with E-state index in [1.807, 2.05) is 0 Å². The van der Waals surface area contributed by atoms with E-state index < -0.39 is 11.9 Å². The van der Waals surface area contributed by atoms with Gasteiger partial charge in [0, 0.05) is 13.5 Å². The summed E-state index contributed by atoms with van der Waals surface area (Å²) in [6.07, 6.45) is 2.19. The maximum Gasteiger partial charge on any atom is 0.234 e. The van der Waals surface area contributed by atoms with Crippen LogP contribution in [0.25, 0.3) is 0 Å². The highest BCUT2D eigenvalue weighted by atomic mass is 16.1. The molecule has 76 valence electrons. The van der Waals surface area contributed by atoms with Crippen LogP contribution in [0.1, 0.15) is 26.2 Å². The van der Waals surface area contributed by atoms with E-state index in [2.05, 4.69) is 5.32 Å². The summed E-state index contributed by atoms with van der Waals surface area (Å²) in [6, 6.07) is -0.558. The van der Waals surface area contributed by atoms with Gasteiger partial charge in [-0.1, -0.05) is 0 Å². The Hall–Kier alpha value is -1.10. The van der Waals surface area contributed by atoms with E-state index in [0.717, 1.165) is 12.8 Å². The van der Waals surface area contributed by atoms with Gasteiger partial charge in [-0.2, -0.15) is 0 Å². The quantitative estimate of drug-likeness (QED) is 0.470. The summed E-state index contributed by atoms with van der Waals surface area (Å²) in [6.45, 7) is 2.09. The smallest absolute Gasteiger partial charge is 0.234 e. The predicted octanol–water partition coefficient (Wildman–Crippen LogP) is -0.895. The molecule has 0 aliphatic carbocycles. The topological polar surface area (TPSA) is 98.2 Å². The molecule has 1 atom stereocenters. The Bertz CT molecular complexity index is 182. The van der Waals surface area contributed by atoms with Crippen LogP contribution in [0.5, 0.6) is 0 Å². The summed E-state index contributed by atoms with van der Waals surface area (Å²) < 4.78 is 0. The number of hydrogen-bond donors (Lipinski definition) is 3. The fraction of sp³-hybridized carbons (Fsp3) is 0.750. The Balaban J connectivity index is 3.26. The zero-order valence-electron chi connectivity index (χ0n) is 7.88. The van der Waals surface area contributed by atoms with E-state index in [1.54, 1.807) is 0 Å². The van der Waals surface area contributed by atoms with Crippen LogP contribution in [0.3, 0.4) is 0 Å². The molecular formula is C8H17N3O2. The van der Waals surface area contributed by atoms with Gasteiger partial charge in [0.15, 0.2) is 0 Å². The number of rotatable bonds is 6. The van der Waals surface area contributed by atoms with Gasteiger partial charge in [-0.15, -0.1) is 0 Å². The van der Waals surface area contributed by atoms with Gasteiger partial charge in [0.2, 0.25) is 11.8 Å². The first-order valence-corrected chi connectivity index (χ1v) is 4.33. The van der Waals surface area contributed by atoms with E-state index in [4.69, 9.17) is 11.5 Å². The third-order valence-electron chi connectivity index (χ3n) is 1.68. The fourth-order valence-electron chi connectivity index (χ4n) is 0.896. The van der Waals surface area contributed by atoms with E-state index >= 15 is 0 Å².